The van der Waals surface area contributed by atoms with Crippen LogP contribution in [0.25, 0.3) is 11.1 Å². The molecule has 1 amide bonds. The second-order valence-corrected chi connectivity index (χ2v) is 10.0. The minimum absolute atomic E-state index is 0.229. The van der Waals surface area contributed by atoms with E-state index in [1.165, 1.54) is 7.11 Å². The molecule has 1 N–H and O–H groups in total. The Morgan fingerprint density at radius 2 is 2.06 bits per heavy atom. The van der Waals surface area contributed by atoms with Crippen LogP contribution in [0.1, 0.15) is 49.6 Å². The molecule has 0 bridgehead atoms. The molecule has 1 aliphatic rings. The van der Waals surface area contributed by atoms with E-state index in [1.807, 2.05) is 26.8 Å². The number of nitrogens with zero attached hydrogens (tertiary/aromatic N) is 3. The van der Waals surface area contributed by atoms with Gasteiger partial charge in [0.15, 0.2) is 17.2 Å². The van der Waals surface area contributed by atoms with Crippen LogP contribution in [-0.4, -0.2) is 63.4 Å². The highest BCUT2D eigenvalue weighted by molar-refractivity contribution is 6.30. The van der Waals surface area contributed by atoms with Crippen molar-refractivity contribution in [2.75, 3.05) is 20.3 Å². The van der Waals surface area contributed by atoms with E-state index in [2.05, 4.69) is 9.97 Å². The summed E-state index contributed by atoms with van der Waals surface area (Å²) >= 11 is 6.04. The lowest BCUT2D eigenvalue weighted by molar-refractivity contribution is -0.160. The van der Waals surface area contributed by atoms with Gasteiger partial charge in [-0.05, 0) is 58.4 Å². The Morgan fingerprint density at radius 1 is 1.29 bits per heavy atom. The van der Waals surface area contributed by atoms with Gasteiger partial charge in [0.1, 0.15) is 5.52 Å². The lowest BCUT2D eigenvalue weighted by Crippen LogP contribution is -2.66. The number of benzene rings is 1. The second-order valence-electron chi connectivity index (χ2n) is 9.57. The predicted octanol–water partition coefficient (Wildman–Crippen LogP) is 4.06. The Balaban J connectivity index is 1.65. The number of methoxy groups -OCH3 is 1. The van der Waals surface area contributed by atoms with Gasteiger partial charge in [0, 0.05) is 28.9 Å². The molecule has 34 heavy (non-hydrogen) atoms. The third kappa shape index (κ3) is 4.76. The zero-order valence-corrected chi connectivity index (χ0v) is 20.8. The monoisotopic (exact) mass is 487 g/mol. The van der Waals surface area contributed by atoms with Crippen molar-refractivity contribution in [2.45, 2.75) is 57.8 Å². The molecule has 182 valence electrons. The van der Waals surface area contributed by atoms with Gasteiger partial charge in [-0.1, -0.05) is 11.6 Å². The van der Waals surface area contributed by atoms with Gasteiger partial charge in [-0.2, -0.15) is 0 Å². The van der Waals surface area contributed by atoms with Crippen molar-refractivity contribution in [2.24, 2.45) is 0 Å². The molecule has 2 unspecified atom stereocenters. The number of rotatable bonds is 6. The Hall–Kier alpha value is -2.68. The first-order valence-electron chi connectivity index (χ1n) is 11.2. The number of aryl methyl sites for hydroxylation is 2. The number of carbonyl (C=O) groups excluding carboxylic acids is 1. The summed E-state index contributed by atoms with van der Waals surface area (Å²) in [5, 5.41) is 11.1. The molecule has 1 aromatic carbocycles. The summed E-state index contributed by atoms with van der Waals surface area (Å²) < 4.78 is 17.4. The van der Waals surface area contributed by atoms with Gasteiger partial charge in [-0.15, -0.1) is 0 Å². The molecule has 3 heterocycles. The third-order valence-corrected chi connectivity index (χ3v) is 6.63. The molecule has 0 saturated carbocycles. The van der Waals surface area contributed by atoms with E-state index in [0.29, 0.717) is 52.7 Å². The number of halogens is 1. The van der Waals surface area contributed by atoms with Gasteiger partial charge in [0.2, 0.25) is 0 Å². The predicted molar refractivity (Wildman–Crippen MR) is 128 cm³/mol. The molecule has 1 saturated heterocycles. The molecule has 2 atom stereocenters. The number of pyridine rings is 1. The number of amides is 1. The minimum atomic E-state index is -0.867. The van der Waals surface area contributed by atoms with Gasteiger partial charge >= 0.3 is 0 Å². The van der Waals surface area contributed by atoms with E-state index in [1.54, 1.807) is 36.2 Å². The van der Waals surface area contributed by atoms with Crippen molar-refractivity contribution in [3.05, 3.63) is 52.6 Å². The van der Waals surface area contributed by atoms with Gasteiger partial charge in [-0.25, -0.2) is 4.98 Å². The molecule has 1 fully saturated rings. The normalized spacial score (nSPS) is 21.0. The Kier molecular flexibility index (Phi) is 6.59. The van der Waals surface area contributed by atoms with Crippen LogP contribution in [-0.2, 0) is 17.6 Å². The van der Waals surface area contributed by atoms with Crippen LogP contribution in [0.2, 0.25) is 5.02 Å². The van der Waals surface area contributed by atoms with Gasteiger partial charge < -0.3 is 23.9 Å². The van der Waals surface area contributed by atoms with Gasteiger partial charge in [0.25, 0.3) is 5.91 Å². The van der Waals surface area contributed by atoms with Crippen LogP contribution < -0.4 is 4.74 Å². The molecule has 4 rings (SSSR count). The number of ether oxygens (including phenoxy) is 2. The van der Waals surface area contributed by atoms with Gasteiger partial charge in [0.05, 0.1) is 37.5 Å². The van der Waals surface area contributed by atoms with E-state index in [9.17, 15) is 9.90 Å². The number of aliphatic hydroxyl groups is 1. The van der Waals surface area contributed by atoms with Crippen LogP contribution >= 0.6 is 11.6 Å². The Labute approximate surface area is 203 Å². The molecule has 0 radical (unpaired) electrons. The maximum absolute atomic E-state index is 13.7. The largest absolute Gasteiger partial charge is 0.493 e. The first kappa shape index (κ1) is 24.4. The van der Waals surface area contributed by atoms with Crippen LogP contribution in [0, 0.1) is 0 Å². The molecular formula is C25H30ClN3O5. The van der Waals surface area contributed by atoms with Crippen molar-refractivity contribution in [1.82, 2.24) is 14.9 Å². The number of hydrogen-bond donors (Lipinski definition) is 1. The van der Waals surface area contributed by atoms with Crippen LogP contribution in [0.5, 0.6) is 5.75 Å². The van der Waals surface area contributed by atoms with E-state index >= 15 is 0 Å². The first-order valence-corrected chi connectivity index (χ1v) is 11.6. The number of morpholine rings is 1. The minimum Gasteiger partial charge on any atom is -0.493 e. The SMILES string of the molecule is COc1cc(C(=O)N2CC(C)(C)OCC2(C)C(C)O)cc2nc(CCc3cc(Cl)ccn3)oc12. The standard InChI is InChI=1S/C25H30ClN3O5/c1-15(30)25(4)14-33-24(2,3)13-29(25)23(31)16-10-19-22(20(11-16)32-5)34-21(28-19)7-6-18-12-17(26)8-9-27-18/h8-12,15,30H,6-7,13-14H2,1-5H3. The lowest BCUT2D eigenvalue weighted by Gasteiger charge is -2.51. The van der Waals surface area contributed by atoms with E-state index in [4.69, 9.17) is 25.5 Å². The molecule has 9 heteroatoms. The fourth-order valence-corrected chi connectivity index (χ4v) is 4.27. The van der Waals surface area contributed by atoms with Crippen molar-refractivity contribution in [3.8, 4) is 5.75 Å². The average molecular weight is 488 g/mol. The van der Waals surface area contributed by atoms with Crippen LogP contribution in [0.3, 0.4) is 0 Å². The van der Waals surface area contributed by atoms with E-state index in [0.717, 1.165) is 5.69 Å². The van der Waals surface area contributed by atoms with Crippen molar-refractivity contribution in [3.63, 3.8) is 0 Å². The topological polar surface area (TPSA) is 97.9 Å². The van der Waals surface area contributed by atoms with Crippen LogP contribution in [0.4, 0.5) is 0 Å². The van der Waals surface area contributed by atoms with E-state index in [-0.39, 0.29) is 12.5 Å². The van der Waals surface area contributed by atoms with E-state index < -0.39 is 17.2 Å². The molecule has 0 spiro atoms. The molecule has 2 aromatic heterocycles. The zero-order chi connectivity index (χ0) is 24.7. The lowest BCUT2D eigenvalue weighted by atomic mass is 9.88. The van der Waals surface area contributed by atoms with Gasteiger partial charge in [-0.3, -0.25) is 9.78 Å². The number of carbonyl (C=O) groups is 1. The van der Waals surface area contributed by atoms with Crippen molar-refractivity contribution in [1.29, 1.82) is 0 Å². The maximum Gasteiger partial charge on any atom is 0.254 e. The summed E-state index contributed by atoms with van der Waals surface area (Å²) in [5.74, 6) is 0.709. The zero-order valence-electron chi connectivity index (χ0n) is 20.1. The second kappa shape index (κ2) is 9.17. The quantitative estimate of drug-likeness (QED) is 0.559. The van der Waals surface area contributed by atoms with Crippen LogP contribution in [0.15, 0.2) is 34.9 Å². The number of hydrogen-bond acceptors (Lipinski definition) is 7. The fourth-order valence-electron chi connectivity index (χ4n) is 4.08. The molecule has 1 aliphatic heterocycles. The summed E-state index contributed by atoms with van der Waals surface area (Å²) in [6, 6.07) is 6.90. The smallest absolute Gasteiger partial charge is 0.254 e. The summed E-state index contributed by atoms with van der Waals surface area (Å²) in [6.45, 7) is 7.93. The van der Waals surface area contributed by atoms with Crippen molar-refractivity contribution >= 4 is 28.6 Å². The summed E-state index contributed by atoms with van der Waals surface area (Å²) in [6.07, 6.45) is 2.01. The number of aliphatic hydroxyl groups excluding tert-OH is 1. The highest BCUT2D eigenvalue weighted by Crippen LogP contribution is 2.34. The highest BCUT2D eigenvalue weighted by Gasteiger charge is 2.47. The molecular weight excluding hydrogens is 458 g/mol. The Morgan fingerprint density at radius 3 is 2.74 bits per heavy atom. The molecule has 3 aromatic rings. The number of fused-ring (bicyclic) bond motifs is 1. The molecule has 8 nitrogen and oxygen atoms in total. The number of oxazole rings is 1. The summed E-state index contributed by atoms with van der Waals surface area (Å²) in [4.78, 5) is 24.3. The average Bonchev–Trinajstić information content (AvgIpc) is 3.21. The summed E-state index contributed by atoms with van der Waals surface area (Å²) in [7, 11) is 1.53. The maximum atomic E-state index is 13.7. The first-order chi connectivity index (χ1) is 16.0. The molecule has 0 aliphatic carbocycles. The highest BCUT2D eigenvalue weighted by atomic mass is 35.5. The summed E-state index contributed by atoms with van der Waals surface area (Å²) in [5.41, 5.74) is 0.855. The van der Waals surface area contributed by atoms with Crippen molar-refractivity contribution < 1.29 is 23.8 Å². The third-order valence-electron chi connectivity index (χ3n) is 6.40. The Bertz CT molecular complexity index is 1210. The fraction of sp³-hybridized carbons (Fsp3) is 0.480. The number of aromatic nitrogens is 2.